The van der Waals surface area contributed by atoms with Gasteiger partial charge in [0.15, 0.2) is 5.82 Å². The van der Waals surface area contributed by atoms with Gasteiger partial charge in [-0.1, -0.05) is 20.8 Å². The second-order valence-corrected chi connectivity index (χ2v) is 5.47. The molecule has 7 heteroatoms. The average molecular weight is 268 g/mol. The molecule has 0 saturated heterocycles. The van der Waals surface area contributed by atoms with E-state index in [1.807, 2.05) is 6.92 Å². The minimum absolute atomic E-state index is 0.351. The van der Waals surface area contributed by atoms with Crippen LogP contribution >= 0.6 is 0 Å². The number of amides is 1. The number of primary amides is 1. The molecule has 108 valence electrons. The van der Waals surface area contributed by atoms with Gasteiger partial charge in [0.25, 0.3) is 0 Å². The molecule has 19 heavy (non-hydrogen) atoms. The number of hydrogen-bond acceptors (Lipinski definition) is 5. The highest BCUT2D eigenvalue weighted by molar-refractivity contribution is 5.84. The number of nitrogens with two attached hydrogens (primary N) is 1. The molecule has 0 saturated carbocycles. The minimum Gasteiger partial charge on any atom is -0.368 e. The first-order valence-electron chi connectivity index (χ1n) is 6.69. The fourth-order valence-corrected chi connectivity index (χ4v) is 2.09. The molecule has 1 unspecified atom stereocenters. The van der Waals surface area contributed by atoms with Gasteiger partial charge < -0.3 is 5.73 Å². The fourth-order valence-electron chi connectivity index (χ4n) is 2.09. The van der Waals surface area contributed by atoms with E-state index in [1.54, 1.807) is 4.68 Å². The largest absolute Gasteiger partial charge is 0.368 e. The number of hydrogen-bond donors (Lipinski definition) is 2. The molecule has 1 rings (SSSR count). The second-order valence-electron chi connectivity index (χ2n) is 5.47. The number of rotatable bonds is 8. The molecule has 1 amide bonds. The molecular formula is C12H24N6O. The van der Waals surface area contributed by atoms with E-state index in [9.17, 15) is 4.79 Å². The van der Waals surface area contributed by atoms with Crippen LogP contribution in [0, 0.1) is 5.92 Å². The van der Waals surface area contributed by atoms with Gasteiger partial charge in [-0.2, -0.15) is 0 Å². The SMILES string of the molecule is CCCn1nnnc1CNC(C)(CC(C)C)C(N)=O. The lowest BCUT2D eigenvalue weighted by Crippen LogP contribution is -2.53. The Labute approximate surface area is 113 Å². The number of tetrazole rings is 1. The zero-order chi connectivity index (χ0) is 14.5. The van der Waals surface area contributed by atoms with Gasteiger partial charge >= 0.3 is 0 Å². The van der Waals surface area contributed by atoms with Crippen LogP contribution in [0.2, 0.25) is 0 Å². The molecule has 0 aliphatic carbocycles. The molecule has 1 aromatic heterocycles. The van der Waals surface area contributed by atoms with E-state index in [4.69, 9.17) is 5.73 Å². The average Bonchev–Trinajstić information content (AvgIpc) is 2.73. The minimum atomic E-state index is -0.739. The van der Waals surface area contributed by atoms with Crippen molar-refractivity contribution in [2.75, 3.05) is 0 Å². The summed E-state index contributed by atoms with van der Waals surface area (Å²) in [4.78, 5) is 11.6. The van der Waals surface area contributed by atoms with Gasteiger partial charge in [-0.05, 0) is 36.1 Å². The van der Waals surface area contributed by atoms with E-state index in [0.29, 0.717) is 18.9 Å². The van der Waals surface area contributed by atoms with Gasteiger partial charge in [-0.3, -0.25) is 10.1 Å². The number of aryl methyl sites for hydroxylation is 1. The van der Waals surface area contributed by atoms with Gasteiger partial charge in [0.2, 0.25) is 5.91 Å². The lowest BCUT2D eigenvalue weighted by molar-refractivity contribution is -0.124. The molecule has 0 fully saturated rings. The molecule has 7 nitrogen and oxygen atoms in total. The van der Waals surface area contributed by atoms with Crippen molar-refractivity contribution in [1.82, 2.24) is 25.5 Å². The van der Waals surface area contributed by atoms with Crippen molar-refractivity contribution in [3.05, 3.63) is 5.82 Å². The number of aromatic nitrogens is 4. The molecule has 0 spiro atoms. The van der Waals surface area contributed by atoms with Crippen molar-refractivity contribution in [3.63, 3.8) is 0 Å². The summed E-state index contributed by atoms with van der Waals surface area (Å²) in [5.41, 5.74) is 4.76. The Balaban J connectivity index is 2.71. The van der Waals surface area contributed by atoms with Crippen molar-refractivity contribution < 1.29 is 4.79 Å². The Kier molecular flexibility index (Phi) is 5.41. The highest BCUT2D eigenvalue weighted by atomic mass is 16.1. The van der Waals surface area contributed by atoms with E-state index in [0.717, 1.165) is 18.8 Å². The lowest BCUT2D eigenvalue weighted by atomic mass is 9.90. The number of nitrogens with zero attached hydrogens (tertiary/aromatic N) is 4. The third-order valence-corrected chi connectivity index (χ3v) is 3.04. The molecule has 0 aliphatic rings. The zero-order valence-corrected chi connectivity index (χ0v) is 12.2. The topological polar surface area (TPSA) is 98.7 Å². The van der Waals surface area contributed by atoms with Crippen molar-refractivity contribution >= 4 is 5.91 Å². The summed E-state index contributed by atoms with van der Waals surface area (Å²) in [6, 6.07) is 0. The van der Waals surface area contributed by atoms with Gasteiger partial charge in [-0.15, -0.1) is 5.10 Å². The third-order valence-electron chi connectivity index (χ3n) is 3.04. The van der Waals surface area contributed by atoms with Crippen LogP contribution in [-0.4, -0.2) is 31.7 Å². The Morgan fingerprint density at radius 3 is 2.74 bits per heavy atom. The summed E-state index contributed by atoms with van der Waals surface area (Å²) in [6.45, 7) is 9.20. The summed E-state index contributed by atoms with van der Waals surface area (Å²) in [6.07, 6.45) is 1.63. The van der Waals surface area contributed by atoms with Crippen molar-refractivity contribution in [2.24, 2.45) is 11.7 Å². The molecule has 1 atom stereocenters. The normalized spacial score (nSPS) is 14.6. The summed E-state index contributed by atoms with van der Waals surface area (Å²) >= 11 is 0. The summed E-state index contributed by atoms with van der Waals surface area (Å²) in [5, 5.41) is 14.7. The molecule has 1 aromatic rings. The maximum Gasteiger partial charge on any atom is 0.237 e. The second kappa shape index (κ2) is 6.60. The van der Waals surface area contributed by atoms with Crippen LogP contribution in [0.15, 0.2) is 0 Å². The summed E-state index contributed by atoms with van der Waals surface area (Å²) < 4.78 is 1.74. The smallest absolute Gasteiger partial charge is 0.237 e. The van der Waals surface area contributed by atoms with Crippen LogP contribution in [0.25, 0.3) is 0 Å². The molecule has 0 aromatic carbocycles. The van der Waals surface area contributed by atoms with Crippen LogP contribution in [0.4, 0.5) is 0 Å². The molecule has 1 heterocycles. The molecule has 0 bridgehead atoms. The Morgan fingerprint density at radius 1 is 1.53 bits per heavy atom. The number of carbonyl (C=O) groups is 1. The first-order valence-corrected chi connectivity index (χ1v) is 6.69. The van der Waals surface area contributed by atoms with Gasteiger partial charge in [0.1, 0.15) is 0 Å². The van der Waals surface area contributed by atoms with Crippen LogP contribution in [0.3, 0.4) is 0 Å². The van der Waals surface area contributed by atoms with E-state index >= 15 is 0 Å². The third kappa shape index (κ3) is 4.27. The maximum atomic E-state index is 11.6. The molecule has 0 aliphatic heterocycles. The van der Waals surface area contributed by atoms with Crippen LogP contribution < -0.4 is 11.1 Å². The Morgan fingerprint density at radius 2 is 2.21 bits per heavy atom. The van der Waals surface area contributed by atoms with Crippen molar-refractivity contribution in [2.45, 2.75) is 59.2 Å². The van der Waals surface area contributed by atoms with Crippen LogP contribution in [-0.2, 0) is 17.9 Å². The van der Waals surface area contributed by atoms with E-state index in [2.05, 4.69) is 41.6 Å². The quantitative estimate of drug-likeness (QED) is 0.713. The molecule has 0 radical (unpaired) electrons. The monoisotopic (exact) mass is 268 g/mol. The van der Waals surface area contributed by atoms with E-state index in [1.165, 1.54) is 0 Å². The Hall–Kier alpha value is -1.50. The number of nitrogens with one attached hydrogen (secondary N) is 1. The summed E-state index contributed by atoms with van der Waals surface area (Å²) in [7, 11) is 0. The van der Waals surface area contributed by atoms with Gasteiger partial charge in [0, 0.05) is 6.54 Å². The fraction of sp³-hybridized carbons (Fsp3) is 0.833. The van der Waals surface area contributed by atoms with Crippen LogP contribution in [0.5, 0.6) is 0 Å². The standard InChI is InChI=1S/C12H24N6O/c1-5-6-18-10(15-16-17-18)8-14-12(4,11(13)19)7-9(2)3/h9,14H,5-8H2,1-4H3,(H2,13,19). The van der Waals surface area contributed by atoms with Gasteiger partial charge in [-0.25, -0.2) is 4.68 Å². The predicted molar refractivity (Wildman–Crippen MR) is 72.0 cm³/mol. The van der Waals surface area contributed by atoms with Crippen molar-refractivity contribution in [3.8, 4) is 0 Å². The number of carbonyl (C=O) groups excluding carboxylic acids is 1. The van der Waals surface area contributed by atoms with E-state index in [-0.39, 0.29) is 5.91 Å². The van der Waals surface area contributed by atoms with Crippen LogP contribution in [0.1, 0.15) is 46.4 Å². The molecular weight excluding hydrogens is 244 g/mol. The highest BCUT2D eigenvalue weighted by Gasteiger charge is 2.31. The first-order chi connectivity index (χ1) is 8.89. The van der Waals surface area contributed by atoms with E-state index < -0.39 is 5.54 Å². The maximum absolute atomic E-state index is 11.6. The van der Waals surface area contributed by atoms with Gasteiger partial charge in [0.05, 0.1) is 12.1 Å². The lowest BCUT2D eigenvalue weighted by Gasteiger charge is -2.29. The molecule has 3 N–H and O–H groups in total. The first kappa shape index (κ1) is 15.6. The summed E-state index contributed by atoms with van der Waals surface area (Å²) in [5.74, 6) is 0.741. The van der Waals surface area contributed by atoms with Crippen molar-refractivity contribution in [1.29, 1.82) is 0 Å². The highest BCUT2D eigenvalue weighted by Crippen LogP contribution is 2.16. The Bertz CT molecular complexity index is 416. The predicted octanol–water partition coefficient (Wildman–Crippen LogP) is 0.463. The zero-order valence-electron chi connectivity index (χ0n) is 12.2.